The molecule has 0 saturated carbocycles. The molecule has 106 valence electrons. The number of para-hydroxylation sites is 2. The number of methoxy groups -OCH3 is 1. The Hall–Kier alpha value is -2.00. The number of benzene rings is 2. The van der Waals surface area contributed by atoms with Crippen LogP contribution in [0.1, 0.15) is 18.1 Å². The minimum atomic E-state index is 0.0138. The summed E-state index contributed by atoms with van der Waals surface area (Å²) in [6.45, 7) is 0.898. The van der Waals surface area contributed by atoms with Crippen LogP contribution in [0.25, 0.3) is 0 Å². The Morgan fingerprint density at radius 2 is 1.60 bits per heavy atom. The third-order valence-corrected chi connectivity index (χ3v) is 3.17. The minimum Gasteiger partial charge on any atom is -0.493 e. The fourth-order valence-corrected chi connectivity index (χ4v) is 2.11. The zero-order chi connectivity index (χ0) is 14.2. The summed E-state index contributed by atoms with van der Waals surface area (Å²) < 4.78 is 11.5. The van der Waals surface area contributed by atoms with Crippen molar-refractivity contribution >= 4 is 0 Å². The summed E-state index contributed by atoms with van der Waals surface area (Å²) in [5.74, 6) is 1.54. The molecule has 0 aromatic heterocycles. The quantitative estimate of drug-likeness (QED) is 0.836. The lowest BCUT2D eigenvalue weighted by Crippen LogP contribution is -2.16. The fraction of sp³-hybridized carbons (Fsp3) is 0.294. The Balaban J connectivity index is 2.19. The van der Waals surface area contributed by atoms with Gasteiger partial charge in [0.1, 0.15) is 6.10 Å². The third kappa shape index (κ3) is 3.75. The van der Waals surface area contributed by atoms with Crippen LogP contribution in [0, 0.1) is 0 Å². The number of ether oxygens (including phenoxy) is 2. The van der Waals surface area contributed by atoms with Crippen molar-refractivity contribution in [1.82, 2.24) is 5.32 Å². The second-order valence-corrected chi connectivity index (χ2v) is 4.56. The molecule has 20 heavy (non-hydrogen) atoms. The molecule has 0 spiro atoms. The normalized spacial score (nSPS) is 11.9. The van der Waals surface area contributed by atoms with Crippen molar-refractivity contribution in [3.63, 3.8) is 0 Å². The van der Waals surface area contributed by atoms with Gasteiger partial charge in [0.2, 0.25) is 0 Å². The molecule has 1 unspecified atom stereocenters. The zero-order valence-corrected chi connectivity index (χ0v) is 12.0. The van der Waals surface area contributed by atoms with Crippen molar-refractivity contribution in [1.29, 1.82) is 0 Å². The van der Waals surface area contributed by atoms with Crippen LogP contribution in [0.2, 0.25) is 0 Å². The van der Waals surface area contributed by atoms with Crippen molar-refractivity contribution in [3.05, 3.63) is 60.2 Å². The van der Waals surface area contributed by atoms with Gasteiger partial charge in [-0.3, -0.25) is 0 Å². The standard InChI is InChI=1S/C17H21NO2/c1-18-13-12-15(14-8-4-3-5-9-14)20-17-11-7-6-10-16(17)19-2/h3-11,15,18H,12-13H2,1-2H3/i1-1. The van der Waals surface area contributed by atoms with Gasteiger partial charge < -0.3 is 14.8 Å². The molecule has 3 heteroatoms. The van der Waals surface area contributed by atoms with E-state index in [1.165, 1.54) is 5.56 Å². The maximum Gasteiger partial charge on any atom is 0.162 e. The molecule has 0 bridgehead atoms. The number of hydrogen-bond acceptors (Lipinski definition) is 3. The van der Waals surface area contributed by atoms with Gasteiger partial charge in [-0.05, 0) is 31.3 Å². The molecule has 0 aliphatic heterocycles. The Morgan fingerprint density at radius 3 is 2.25 bits per heavy atom. The van der Waals surface area contributed by atoms with Gasteiger partial charge in [0, 0.05) is 6.42 Å². The Kier molecular flexibility index (Phi) is 5.44. The SMILES string of the molecule is COc1ccccc1OC(CCN[11CH3])c1ccccc1. The van der Waals surface area contributed by atoms with E-state index in [-0.39, 0.29) is 6.10 Å². The van der Waals surface area contributed by atoms with Crippen LogP contribution in [0.15, 0.2) is 54.6 Å². The van der Waals surface area contributed by atoms with Crippen molar-refractivity contribution < 1.29 is 9.47 Å². The summed E-state index contributed by atoms with van der Waals surface area (Å²) in [4.78, 5) is 0. The summed E-state index contributed by atoms with van der Waals surface area (Å²) in [5, 5.41) is 3.17. The zero-order valence-electron chi connectivity index (χ0n) is 12.0. The molecule has 2 aromatic carbocycles. The predicted octanol–water partition coefficient (Wildman–Crippen LogP) is 3.42. The number of rotatable bonds is 7. The highest BCUT2D eigenvalue weighted by Gasteiger charge is 2.14. The highest BCUT2D eigenvalue weighted by Crippen LogP contribution is 2.31. The highest BCUT2D eigenvalue weighted by molar-refractivity contribution is 5.40. The largest absolute Gasteiger partial charge is 0.493 e. The van der Waals surface area contributed by atoms with Crippen LogP contribution < -0.4 is 14.8 Å². The fourth-order valence-electron chi connectivity index (χ4n) is 2.11. The van der Waals surface area contributed by atoms with Crippen molar-refractivity contribution in [2.45, 2.75) is 12.5 Å². The Bertz CT molecular complexity index is 513. The Morgan fingerprint density at radius 1 is 0.950 bits per heavy atom. The van der Waals surface area contributed by atoms with E-state index in [4.69, 9.17) is 9.47 Å². The lowest BCUT2D eigenvalue weighted by atomic mass is 10.1. The third-order valence-electron chi connectivity index (χ3n) is 3.17. The van der Waals surface area contributed by atoms with Crippen LogP contribution in [-0.4, -0.2) is 20.7 Å². The molecular formula is C17H21NO2. The van der Waals surface area contributed by atoms with Gasteiger partial charge in [-0.25, -0.2) is 0 Å². The second kappa shape index (κ2) is 7.56. The van der Waals surface area contributed by atoms with Crippen LogP contribution >= 0.6 is 0 Å². The Labute approximate surface area is 120 Å². The molecule has 0 aliphatic rings. The van der Waals surface area contributed by atoms with Gasteiger partial charge in [0.15, 0.2) is 11.5 Å². The summed E-state index contributed by atoms with van der Waals surface area (Å²) in [6, 6.07) is 18.0. The van der Waals surface area contributed by atoms with E-state index >= 15 is 0 Å². The topological polar surface area (TPSA) is 30.5 Å². The van der Waals surface area contributed by atoms with E-state index in [2.05, 4.69) is 17.4 Å². The molecule has 0 saturated heterocycles. The average molecular weight is 270 g/mol. The molecule has 0 fully saturated rings. The minimum absolute atomic E-state index is 0.0138. The molecule has 3 nitrogen and oxygen atoms in total. The first-order valence-electron chi connectivity index (χ1n) is 6.84. The molecule has 1 atom stereocenters. The van der Waals surface area contributed by atoms with Crippen LogP contribution in [0.5, 0.6) is 11.5 Å². The molecule has 0 heterocycles. The van der Waals surface area contributed by atoms with Crippen molar-refractivity contribution in [2.24, 2.45) is 0 Å². The van der Waals surface area contributed by atoms with E-state index < -0.39 is 0 Å². The monoisotopic (exact) mass is 270 g/mol. The van der Waals surface area contributed by atoms with Gasteiger partial charge in [-0.15, -0.1) is 0 Å². The van der Waals surface area contributed by atoms with Crippen LogP contribution in [0.3, 0.4) is 0 Å². The summed E-state index contributed by atoms with van der Waals surface area (Å²) >= 11 is 0. The van der Waals surface area contributed by atoms with Crippen molar-refractivity contribution in [2.75, 3.05) is 20.7 Å². The first-order chi connectivity index (χ1) is 9.85. The van der Waals surface area contributed by atoms with Gasteiger partial charge in [-0.1, -0.05) is 42.5 Å². The first kappa shape index (κ1) is 14.4. The molecular weight excluding hydrogens is 249 g/mol. The van der Waals surface area contributed by atoms with Crippen LogP contribution in [-0.2, 0) is 0 Å². The second-order valence-electron chi connectivity index (χ2n) is 4.56. The maximum absolute atomic E-state index is 6.16. The summed E-state index contributed by atoms with van der Waals surface area (Å²) in [7, 11) is 3.61. The average Bonchev–Trinajstić information content (AvgIpc) is 2.52. The van der Waals surface area contributed by atoms with Gasteiger partial charge in [-0.2, -0.15) is 0 Å². The van der Waals surface area contributed by atoms with E-state index in [0.717, 1.165) is 24.5 Å². The number of nitrogens with one attached hydrogen (secondary N) is 1. The molecule has 0 radical (unpaired) electrons. The lowest BCUT2D eigenvalue weighted by Gasteiger charge is -2.21. The van der Waals surface area contributed by atoms with E-state index in [9.17, 15) is 0 Å². The molecule has 1 N–H and O–H groups in total. The smallest absolute Gasteiger partial charge is 0.162 e. The van der Waals surface area contributed by atoms with E-state index in [1.807, 2.05) is 49.5 Å². The molecule has 0 aliphatic carbocycles. The van der Waals surface area contributed by atoms with Gasteiger partial charge in [0.25, 0.3) is 0 Å². The number of hydrogen-bond donors (Lipinski definition) is 1. The molecule has 2 aromatic rings. The maximum atomic E-state index is 6.16. The molecule has 0 amide bonds. The van der Waals surface area contributed by atoms with E-state index in [1.54, 1.807) is 7.11 Å². The van der Waals surface area contributed by atoms with Crippen LogP contribution in [0.4, 0.5) is 0 Å². The lowest BCUT2D eigenvalue weighted by molar-refractivity contribution is 0.187. The van der Waals surface area contributed by atoms with Gasteiger partial charge >= 0.3 is 0 Å². The van der Waals surface area contributed by atoms with Gasteiger partial charge in [0.05, 0.1) is 7.11 Å². The van der Waals surface area contributed by atoms with E-state index in [0.29, 0.717) is 0 Å². The summed E-state index contributed by atoms with van der Waals surface area (Å²) in [6.07, 6.45) is 0.915. The highest BCUT2D eigenvalue weighted by atomic mass is 16.5. The summed E-state index contributed by atoms with van der Waals surface area (Å²) in [5.41, 5.74) is 1.17. The first-order valence-corrected chi connectivity index (χ1v) is 6.84. The molecule has 2 rings (SSSR count). The van der Waals surface area contributed by atoms with Crippen molar-refractivity contribution in [3.8, 4) is 11.5 Å². The predicted molar refractivity (Wildman–Crippen MR) is 81.3 cm³/mol.